The van der Waals surface area contributed by atoms with Crippen LogP contribution in [0.3, 0.4) is 0 Å². The number of ether oxygens (including phenoxy) is 2. The van der Waals surface area contributed by atoms with Crippen LogP contribution in [0.15, 0.2) is 60.8 Å². The Morgan fingerprint density at radius 1 is 1.11 bits per heavy atom. The minimum atomic E-state index is -0.981. The summed E-state index contributed by atoms with van der Waals surface area (Å²) in [4.78, 5) is 32.2. The molecule has 0 unspecified atom stereocenters. The van der Waals surface area contributed by atoms with Crippen LogP contribution in [0.5, 0.6) is 11.5 Å². The van der Waals surface area contributed by atoms with Gasteiger partial charge in [0.1, 0.15) is 17.5 Å². The predicted octanol–water partition coefficient (Wildman–Crippen LogP) is 5.54. The molecule has 0 radical (unpaired) electrons. The number of hydrazine groups is 1. The Kier molecular flexibility index (Phi) is 8.88. The first-order valence-electron chi connectivity index (χ1n) is 11.7. The highest BCUT2D eigenvalue weighted by Crippen LogP contribution is 2.31. The molecule has 1 fully saturated rings. The van der Waals surface area contributed by atoms with E-state index in [2.05, 4.69) is 15.7 Å². The van der Waals surface area contributed by atoms with Gasteiger partial charge in [-0.2, -0.15) is 0 Å². The number of nitrogens with one attached hydrogen (secondary N) is 2. The van der Waals surface area contributed by atoms with E-state index in [1.807, 2.05) is 6.92 Å². The molecular formula is C26H25Cl2N5O4S. The molecule has 0 saturated carbocycles. The second-order valence-corrected chi connectivity index (χ2v) is 9.47. The van der Waals surface area contributed by atoms with Gasteiger partial charge in [-0.05, 0) is 73.2 Å². The van der Waals surface area contributed by atoms with E-state index < -0.39 is 11.9 Å². The largest absolute Gasteiger partial charge is 0.497 e. The number of benzene rings is 2. The molecule has 2 heterocycles. The first kappa shape index (κ1) is 27.4. The minimum Gasteiger partial charge on any atom is -0.497 e. The Morgan fingerprint density at radius 2 is 1.79 bits per heavy atom. The number of nitrogens with zero attached hydrogens (tertiary/aromatic N) is 3. The molecule has 12 heteroatoms. The third kappa shape index (κ3) is 6.27. The van der Waals surface area contributed by atoms with Gasteiger partial charge >= 0.3 is 0 Å². The number of thiocarbonyl (C=S) groups is 1. The zero-order valence-electron chi connectivity index (χ0n) is 20.6. The van der Waals surface area contributed by atoms with Crippen molar-refractivity contribution in [3.05, 3.63) is 70.8 Å². The lowest BCUT2D eigenvalue weighted by molar-refractivity contribution is -0.124. The number of hydrogen-bond acceptors (Lipinski definition) is 7. The van der Waals surface area contributed by atoms with Crippen molar-refractivity contribution >= 4 is 69.5 Å². The van der Waals surface area contributed by atoms with Gasteiger partial charge in [0, 0.05) is 11.9 Å². The quantitative estimate of drug-likeness (QED) is 0.305. The van der Waals surface area contributed by atoms with Crippen LogP contribution < -0.4 is 25.1 Å². The van der Waals surface area contributed by atoms with Gasteiger partial charge in [0.2, 0.25) is 11.0 Å². The highest BCUT2D eigenvalue weighted by molar-refractivity contribution is 7.80. The summed E-state index contributed by atoms with van der Waals surface area (Å²) >= 11 is 17.9. The topological polar surface area (TPSA) is 96.0 Å². The van der Waals surface area contributed by atoms with Crippen molar-refractivity contribution in [1.29, 1.82) is 0 Å². The number of halogens is 2. The number of aromatic nitrogens is 1. The fourth-order valence-corrected chi connectivity index (χ4v) is 4.51. The number of pyridine rings is 1. The normalized spacial score (nSPS) is 15.0. The van der Waals surface area contributed by atoms with E-state index in [0.717, 1.165) is 6.42 Å². The molecular weight excluding hydrogens is 549 g/mol. The van der Waals surface area contributed by atoms with Crippen LogP contribution in [-0.4, -0.2) is 46.7 Å². The number of carbonyl (C=O) groups excluding carboxylic acids is 2. The maximum atomic E-state index is 13.6. The van der Waals surface area contributed by atoms with Gasteiger partial charge in [0.05, 0.1) is 35.9 Å². The summed E-state index contributed by atoms with van der Waals surface area (Å²) in [6, 6.07) is 14.4. The second-order valence-electron chi connectivity index (χ2n) is 8.26. The van der Waals surface area contributed by atoms with E-state index in [1.54, 1.807) is 55.6 Å². The van der Waals surface area contributed by atoms with Crippen LogP contribution in [-0.2, 0) is 9.59 Å². The van der Waals surface area contributed by atoms with Crippen LogP contribution in [0.1, 0.15) is 19.8 Å². The van der Waals surface area contributed by atoms with Crippen LogP contribution in [0.25, 0.3) is 0 Å². The summed E-state index contributed by atoms with van der Waals surface area (Å²) in [5.41, 5.74) is 4.08. The van der Waals surface area contributed by atoms with Gasteiger partial charge in [-0.3, -0.25) is 19.9 Å². The third-order valence-corrected chi connectivity index (χ3v) is 6.44. The molecule has 1 aliphatic rings. The maximum Gasteiger partial charge on any atom is 0.258 e. The highest BCUT2D eigenvalue weighted by Gasteiger charge is 2.45. The molecule has 1 atom stereocenters. The fourth-order valence-electron chi connectivity index (χ4n) is 3.72. The predicted molar refractivity (Wildman–Crippen MR) is 152 cm³/mol. The molecule has 0 bridgehead atoms. The van der Waals surface area contributed by atoms with Gasteiger partial charge < -0.3 is 14.8 Å². The van der Waals surface area contributed by atoms with E-state index in [1.165, 1.54) is 22.2 Å². The van der Waals surface area contributed by atoms with Crippen molar-refractivity contribution in [2.45, 2.75) is 25.8 Å². The van der Waals surface area contributed by atoms with Crippen molar-refractivity contribution in [3.8, 4) is 11.5 Å². The molecule has 2 amide bonds. The van der Waals surface area contributed by atoms with Crippen molar-refractivity contribution in [2.75, 3.05) is 29.4 Å². The zero-order valence-corrected chi connectivity index (χ0v) is 22.9. The number of hydrogen-bond donors (Lipinski definition) is 2. The molecule has 2 aromatic carbocycles. The Balaban J connectivity index is 1.56. The van der Waals surface area contributed by atoms with Crippen molar-refractivity contribution in [3.63, 3.8) is 0 Å². The van der Waals surface area contributed by atoms with Gasteiger partial charge in [-0.25, -0.2) is 9.99 Å². The summed E-state index contributed by atoms with van der Waals surface area (Å²) in [5, 5.41) is 4.93. The van der Waals surface area contributed by atoms with Gasteiger partial charge in [0.25, 0.3) is 5.91 Å². The highest BCUT2D eigenvalue weighted by atomic mass is 35.5. The van der Waals surface area contributed by atoms with Crippen LogP contribution >= 0.6 is 35.4 Å². The first-order valence-corrected chi connectivity index (χ1v) is 12.9. The Labute approximate surface area is 235 Å². The number of amides is 2. The van der Waals surface area contributed by atoms with Gasteiger partial charge in [0.15, 0.2) is 5.82 Å². The summed E-state index contributed by atoms with van der Waals surface area (Å²) in [7, 11) is 1.55. The van der Waals surface area contributed by atoms with Crippen LogP contribution in [0.4, 0.5) is 17.2 Å². The molecule has 4 rings (SSSR count). The number of anilines is 3. The van der Waals surface area contributed by atoms with E-state index in [9.17, 15) is 9.59 Å². The molecule has 1 aromatic heterocycles. The average Bonchev–Trinajstić information content (AvgIpc) is 3.13. The summed E-state index contributed by atoms with van der Waals surface area (Å²) in [6.07, 6.45) is 2.11. The maximum absolute atomic E-state index is 13.6. The van der Waals surface area contributed by atoms with Gasteiger partial charge in [-0.15, -0.1) is 0 Å². The molecule has 1 aliphatic heterocycles. The number of methoxy groups -OCH3 is 1. The Bertz CT molecular complexity index is 1320. The summed E-state index contributed by atoms with van der Waals surface area (Å²) in [6.45, 7) is 2.63. The van der Waals surface area contributed by atoms with Crippen LogP contribution in [0, 0.1) is 0 Å². The lowest BCUT2D eigenvalue weighted by Crippen LogP contribution is -2.42. The SMILES string of the molecule is CCCOc1ccc(NC(=O)C[C@@H]2C(=O)N(c3ccc(OC)cc3)C(=S)N2Nc2ncc(Cl)cc2Cl)cc1. The van der Waals surface area contributed by atoms with E-state index in [-0.39, 0.29) is 28.3 Å². The van der Waals surface area contributed by atoms with Crippen molar-refractivity contribution in [1.82, 2.24) is 9.99 Å². The molecule has 3 aromatic rings. The molecule has 198 valence electrons. The minimum absolute atomic E-state index is 0.128. The van der Waals surface area contributed by atoms with Crippen molar-refractivity contribution < 1.29 is 19.1 Å². The molecule has 1 saturated heterocycles. The van der Waals surface area contributed by atoms with Gasteiger partial charge in [-0.1, -0.05) is 30.1 Å². The molecule has 0 spiro atoms. The standard InChI is InChI=1S/C26H25Cl2N5O4S/c1-3-12-37-20-8-4-17(5-9-20)30-23(34)14-22-25(35)32(18-6-10-19(36-2)11-7-18)26(38)33(22)31-24-21(28)13-16(27)15-29-24/h4-11,13,15,22H,3,12,14H2,1-2H3,(H,29,31)(H,30,34)/t22-/m1/s1. The monoisotopic (exact) mass is 573 g/mol. The summed E-state index contributed by atoms with van der Waals surface area (Å²) in [5.74, 6) is 0.790. The molecule has 38 heavy (non-hydrogen) atoms. The average molecular weight is 574 g/mol. The van der Waals surface area contributed by atoms with Crippen molar-refractivity contribution in [2.24, 2.45) is 0 Å². The third-order valence-electron chi connectivity index (χ3n) is 5.57. The lowest BCUT2D eigenvalue weighted by atomic mass is 10.1. The number of carbonyl (C=O) groups is 2. The fraction of sp³-hybridized carbons (Fsp3) is 0.231. The summed E-state index contributed by atoms with van der Waals surface area (Å²) < 4.78 is 10.8. The molecule has 9 nitrogen and oxygen atoms in total. The smallest absolute Gasteiger partial charge is 0.258 e. The van der Waals surface area contributed by atoms with Crippen LogP contribution in [0.2, 0.25) is 10.0 Å². The molecule has 2 N–H and O–H groups in total. The lowest BCUT2D eigenvalue weighted by Gasteiger charge is -2.25. The van der Waals surface area contributed by atoms with E-state index >= 15 is 0 Å². The first-order chi connectivity index (χ1) is 18.3. The zero-order chi connectivity index (χ0) is 27.2. The van der Waals surface area contributed by atoms with E-state index in [0.29, 0.717) is 34.5 Å². The number of rotatable bonds is 10. The Hall–Kier alpha value is -3.60. The van der Waals surface area contributed by atoms with E-state index in [4.69, 9.17) is 44.9 Å². The molecule has 0 aliphatic carbocycles. The Morgan fingerprint density at radius 3 is 2.42 bits per heavy atom. The second kappa shape index (κ2) is 12.3.